The molecule has 0 radical (unpaired) electrons. The predicted molar refractivity (Wildman–Crippen MR) is 120 cm³/mol. The summed E-state index contributed by atoms with van der Waals surface area (Å²) in [6, 6.07) is 4.55. The van der Waals surface area contributed by atoms with Gasteiger partial charge in [0, 0.05) is 18.6 Å². The summed E-state index contributed by atoms with van der Waals surface area (Å²) in [5, 5.41) is 0. The molecule has 0 aliphatic heterocycles. The van der Waals surface area contributed by atoms with E-state index in [2.05, 4.69) is 49.9 Å². The van der Waals surface area contributed by atoms with Crippen LogP contribution in [0.25, 0.3) is 0 Å². The highest BCUT2D eigenvalue weighted by atomic mass is 14.9. The summed E-state index contributed by atoms with van der Waals surface area (Å²) in [4.78, 5) is 0. The van der Waals surface area contributed by atoms with E-state index in [-0.39, 0.29) is 0 Å². The third-order valence-corrected chi connectivity index (χ3v) is 5.85. The summed E-state index contributed by atoms with van der Waals surface area (Å²) in [7, 11) is 0. The fourth-order valence-electron chi connectivity index (χ4n) is 3.85. The van der Waals surface area contributed by atoms with E-state index in [0.29, 0.717) is 5.92 Å². The molecule has 0 spiro atoms. The van der Waals surface area contributed by atoms with Gasteiger partial charge in [0.25, 0.3) is 0 Å². The van der Waals surface area contributed by atoms with Crippen molar-refractivity contribution in [2.24, 2.45) is 0 Å². The van der Waals surface area contributed by atoms with Crippen LogP contribution in [0, 0.1) is 0 Å². The van der Waals surface area contributed by atoms with Gasteiger partial charge in [0.05, 0.1) is 0 Å². The SMILES string of the molecule is CCCCCCCCCCCCCCCCCC[n+]1ccc(C(C)C)cc1. The van der Waals surface area contributed by atoms with Crippen molar-refractivity contribution in [3.05, 3.63) is 30.1 Å². The topological polar surface area (TPSA) is 3.88 Å². The predicted octanol–water partition coefficient (Wildman–Crippen LogP) is 8.36. The molecule has 0 unspecified atom stereocenters. The highest BCUT2D eigenvalue weighted by molar-refractivity contribution is 5.11. The van der Waals surface area contributed by atoms with Crippen LogP contribution in [-0.2, 0) is 6.54 Å². The van der Waals surface area contributed by atoms with Gasteiger partial charge in [0.1, 0.15) is 6.54 Å². The molecule has 0 aliphatic carbocycles. The van der Waals surface area contributed by atoms with E-state index in [9.17, 15) is 0 Å². The maximum Gasteiger partial charge on any atom is 0.169 e. The van der Waals surface area contributed by atoms with Gasteiger partial charge in [-0.3, -0.25) is 0 Å². The number of hydrogen-bond donors (Lipinski definition) is 0. The molecule has 0 aliphatic rings. The standard InChI is InChI=1S/C26H48N/c1-4-5-6-7-8-9-10-11-12-13-14-15-16-17-18-19-22-27-23-20-26(21-24-27)25(2)3/h20-21,23-25H,4-19,22H2,1-3H3/q+1. The van der Waals surface area contributed by atoms with Gasteiger partial charge >= 0.3 is 0 Å². The van der Waals surface area contributed by atoms with Crippen molar-refractivity contribution in [1.29, 1.82) is 0 Å². The zero-order valence-electron chi connectivity index (χ0n) is 18.9. The Bertz CT molecular complexity index is 420. The molecule has 0 saturated carbocycles. The molecule has 1 aromatic rings. The lowest BCUT2D eigenvalue weighted by molar-refractivity contribution is -0.697. The number of hydrogen-bond acceptors (Lipinski definition) is 0. The Morgan fingerprint density at radius 1 is 0.593 bits per heavy atom. The first-order valence-electron chi connectivity index (χ1n) is 12.2. The van der Waals surface area contributed by atoms with Gasteiger partial charge in [-0.25, -0.2) is 4.57 Å². The second kappa shape index (κ2) is 17.3. The van der Waals surface area contributed by atoms with Crippen LogP contribution in [0.15, 0.2) is 24.5 Å². The molecule has 0 aromatic carbocycles. The molecule has 156 valence electrons. The summed E-state index contributed by atoms with van der Waals surface area (Å²) in [6.45, 7) is 7.99. The Morgan fingerprint density at radius 3 is 1.33 bits per heavy atom. The Hall–Kier alpha value is -0.850. The Morgan fingerprint density at radius 2 is 0.963 bits per heavy atom. The van der Waals surface area contributed by atoms with E-state index in [1.54, 1.807) is 0 Å². The first kappa shape index (κ1) is 24.2. The molecular weight excluding hydrogens is 326 g/mol. The van der Waals surface area contributed by atoms with Crippen LogP contribution in [0.1, 0.15) is 135 Å². The van der Waals surface area contributed by atoms with Crippen LogP contribution < -0.4 is 4.57 Å². The molecule has 1 nitrogen and oxygen atoms in total. The molecule has 1 aromatic heterocycles. The van der Waals surface area contributed by atoms with Crippen LogP contribution in [0.5, 0.6) is 0 Å². The van der Waals surface area contributed by atoms with Gasteiger partial charge in [-0.05, 0) is 17.9 Å². The van der Waals surface area contributed by atoms with E-state index in [4.69, 9.17) is 0 Å². The second-order valence-electron chi connectivity index (χ2n) is 8.83. The summed E-state index contributed by atoms with van der Waals surface area (Å²) in [5.74, 6) is 0.634. The zero-order chi connectivity index (χ0) is 19.6. The average Bonchev–Trinajstić information content (AvgIpc) is 2.68. The van der Waals surface area contributed by atoms with Gasteiger partial charge in [0.2, 0.25) is 0 Å². The van der Waals surface area contributed by atoms with Crippen LogP contribution in [0.4, 0.5) is 0 Å². The van der Waals surface area contributed by atoms with Gasteiger partial charge in [-0.1, -0.05) is 111 Å². The van der Waals surface area contributed by atoms with Crippen molar-refractivity contribution < 1.29 is 4.57 Å². The molecule has 27 heavy (non-hydrogen) atoms. The number of pyridine rings is 1. The number of aromatic nitrogens is 1. The molecule has 1 rings (SSSR count). The highest BCUT2D eigenvalue weighted by Gasteiger charge is 2.03. The number of aryl methyl sites for hydroxylation is 1. The molecule has 1 heteroatoms. The fourth-order valence-corrected chi connectivity index (χ4v) is 3.85. The third kappa shape index (κ3) is 13.9. The lowest BCUT2D eigenvalue weighted by atomic mass is 10.0. The first-order valence-corrected chi connectivity index (χ1v) is 12.2. The van der Waals surface area contributed by atoms with Gasteiger partial charge in [-0.2, -0.15) is 0 Å². The van der Waals surface area contributed by atoms with Crippen LogP contribution in [-0.4, -0.2) is 0 Å². The number of unbranched alkanes of at least 4 members (excludes halogenated alkanes) is 15. The Kier molecular flexibility index (Phi) is 15.5. The van der Waals surface area contributed by atoms with E-state index in [1.807, 2.05) is 0 Å². The van der Waals surface area contributed by atoms with E-state index in [0.717, 1.165) is 0 Å². The molecular formula is C26H48N+. The smallest absolute Gasteiger partial charge is 0.169 e. The first-order chi connectivity index (χ1) is 13.2. The quantitative estimate of drug-likeness (QED) is 0.179. The molecule has 0 saturated heterocycles. The summed E-state index contributed by atoms with van der Waals surface area (Å²) in [6.07, 6.45) is 27.5. The Labute approximate surface area is 171 Å². The Balaban J connectivity index is 1.80. The van der Waals surface area contributed by atoms with Gasteiger partial charge in [-0.15, -0.1) is 0 Å². The molecule has 0 N–H and O–H groups in total. The van der Waals surface area contributed by atoms with Crippen LogP contribution >= 0.6 is 0 Å². The van der Waals surface area contributed by atoms with Crippen molar-refractivity contribution in [3.8, 4) is 0 Å². The third-order valence-electron chi connectivity index (χ3n) is 5.85. The maximum atomic E-state index is 2.34. The minimum Gasteiger partial charge on any atom is -0.205 e. The largest absolute Gasteiger partial charge is 0.205 e. The maximum absolute atomic E-state index is 2.34. The molecule has 0 atom stereocenters. The van der Waals surface area contributed by atoms with Crippen molar-refractivity contribution in [3.63, 3.8) is 0 Å². The average molecular weight is 375 g/mol. The highest BCUT2D eigenvalue weighted by Crippen LogP contribution is 2.14. The van der Waals surface area contributed by atoms with Crippen molar-refractivity contribution in [1.82, 2.24) is 0 Å². The normalized spacial score (nSPS) is 11.4. The van der Waals surface area contributed by atoms with Gasteiger partial charge < -0.3 is 0 Å². The van der Waals surface area contributed by atoms with E-state index < -0.39 is 0 Å². The minimum absolute atomic E-state index is 0.634. The van der Waals surface area contributed by atoms with E-state index >= 15 is 0 Å². The zero-order valence-corrected chi connectivity index (χ0v) is 18.9. The lowest BCUT2D eigenvalue weighted by Crippen LogP contribution is -2.32. The van der Waals surface area contributed by atoms with Crippen molar-refractivity contribution in [2.75, 3.05) is 0 Å². The summed E-state index contributed by atoms with van der Waals surface area (Å²) < 4.78 is 2.34. The number of rotatable bonds is 18. The van der Waals surface area contributed by atoms with Crippen LogP contribution in [0.2, 0.25) is 0 Å². The van der Waals surface area contributed by atoms with Crippen molar-refractivity contribution in [2.45, 2.75) is 136 Å². The molecule has 1 heterocycles. The lowest BCUT2D eigenvalue weighted by Gasteiger charge is -2.04. The van der Waals surface area contributed by atoms with Crippen LogP contribution in [0.3, 0.4) is 0 Å². The second-order valence-corrected chi connectivity index (χ2v) is 8.83. The monoisotopic (exact) mass is 374 g/mol. The number of nitrogens with zero attached hydrogens (tertiary/aromatic N) is 1. The minimum atomic E-state index is 0.634. The molecule has 0 bridgehead atoms. The fraction of sp³-hybridized carbons (Fsp3) is 0.808. The molecule has 0 amide bonds. The molecule has 0 fully saturated rings. The van der Waals surface area contributed by atoms with Gasteiger partial charge in [0.15, 0.2) is 12.4 Å². The van der Waals surface area contributed by atoms with E-state index in [1.165, 1.54) is 115 Å². The van der Waals surface area contributed by atoms with Crippen molar-refractivity contribution >= 4 is 0 Å². The summed E-state index contributed by atoms with van der Waals surface area (Å²) >= 11 is 0. The summed E-state index contributed by atoms with van der Waals surface area (Å²) in [5.41, 5.74) is 1.44.